The third kappa shape index (κ3) is 4.55. The minimum absolute atomic E-state index is 0.0942. The number of carbonyl (C=O) groups is 2. The van der Waals surface area contributed by atoms with Gasteiger partial charge in [-0.25, -0.2) is 4.79 Å². The van der Waals surface area contributed by atoms with E-state index in [0.717, 1.165) is 31.9 Å². The Morgan fingerprint density at radius 3 is 2.42 bits per heavy atom. The minimum atomic E-state index is -0.902. The molecule has 26 heavy (non-hydrogen) atoms. The van der Waals surface area contributed by atoms with Crippen molar-refractivity contribution in [2.75, 3.05) is 32.4 Å². The second-order valence-corrected chi connectivity index (χ2v) is 10.3. The number of nitrogens with one attached hydrogen (secondary N) is 3. The Balaban J connectivity index is 1.85. The zero-order valence-corrected chi connectivity index (χ0v) is 17.2. The lowest BCUT2D eigenvalue weighted by atomic mass is 9.79. The Labute approximate surface area is 158 Å². The van der Waals surface area contributed by atoms with Crippen LogP contribution in [0.3, 0.4) is 0 Å². The van der Waals surface area contributed by atoms with Crippen LogP contribution in [0.4, 0.5) is 4.79 Å². The van der Waals surface area contributed by atoms with Crippen molar-refractivity contribution < 1.29 is 13.8 Å². The first-order valence-corrected chi connectivity index (χ1v) is 10.4. The van der Waals surface area contributed by atoms with E-state index in [9.17, 15) is 13.8 Å². The Hall–Kier alpha value is -1.64. The van der Waals surface area contributed by atoms with Crippen LogP contribution in [-0.2, 0) is 15.6 Å². The van der Waals surface area contributed by atoms with Crippen molar-refractivity contribution in [1.29, 1.82) is 0 Å². The van der Waals surface area contributed by atoms with Crippen molar-refractivity contribution in [3.8, 4) is 0 Å². The van der Waals surface area contributed by atoms with Crippen LogP contribution in [0.25, 0.3) is 0 Å². The van der Waals surface area contributed by atoms with Gasteiger partial charge in [0.1, 0.15) is 5.54 Å². The fourth-order valence-corrected chi connectivity index (χ4v) is 4.31. The molecule has 3 amide bonds. The van der Waals surface area contributed by atoms with Crippen molar-refractivity contribution >= 4 is 28.7 Å². The highest BCUT2D eigenvalue weighted by Gasteiger charge is 2.48. The average molecular weight is 386 g/mol. The van der Waals surface area contributed by atoms with Crippen LogP contribution < -0.4 is 16.0 Å². The van der Waals surface area contributed by atoms with Crippen molar-refractivity contribution in [2.24, 2.45) is 10.9 Å². The quantitative estimate of drug-likeness (QED) is 0.370. The zero-order valence-electron chi connectivity index (χ0n) is 16.3. The summed E-state index contributed by atoms with van der Waals surface area (Å²) in [4.78, 5) is 30.0. The van der Waals surface area contributed by atoms with E-state index < -0.39 is 22.4 Å². The topological polar surface area (TPSA) is 103 Å². The van der Waals surface area contributed by atoms with Crippen molar-refractivity contribution in [3.63, 3.8) is 0 Å². The van der Waals surface area contributed by atoms with Crippen LogP contribution in [0.15, 0.2) is 4.99 Å². The van der Waals surface area contributed by atoms with Crippen molar-refractivity contribution in [3.05, 3.63) is 0 Å². The standard InChI is InChI=1S/C17H31N5O3S/c1-16(2,3)26(25)11-8-19-14(18-5)22-9-6-12(7-10-22)17(4)13(23)20-15(24)21-17/h12H,6-11H2,1-5H3,(H,18,19)(H2,20,21,23,24). The van der Waals surface area contributed by atoms with Gasteiger partial charge in [0.2, 0.25) is 0 Å². The molecule has 8 nitrogen and oxygen atoms in total. The number of hydrogen-bond donors (Lipinski definition) is 3. The molecule has 3 N–H and O–H groups in total. The maximum Gasteiger partial charge on any atom is 0.322 e. The second kappa shape index (κ2) is 7.94. The van der Waals surface area contributed by atoms with Crippen LogP contribution in [0.2, 0.25) is 0 Å². The molecule has 0 radical (unpaired) electrons. The first-order chi connectivity index (χ1) is 12.1. The number of guanidine groups is 1. The van der Waals surface area contributed by atoms with Crippen molar-refractivity contribution in [1.82, 2.24) is 20.9 Å². The monoisotopic (exact) mass is 385 g/mol. The van der Waals surface area contributed by atoms with Gasteiger partial charge in [0, 0.05) is 48.0 Å². The molecule has 2 unspecified atom stereocenters. The molecule has 2 fully saturated rings. The molecule has 148 valence electrons. The van der Waals surface area contributed by atoms with E-state index in [2.05, 4.69) is 25.8 Å². The Morgan fingerprint density at radius 1 is 1.35 bits per heavy atom. The summed E-state index contributed by atoms with van der Waals surface area (Å²) in [6.07, 6.45) is 1.58. The third-order valence-corrected chi connectivity index (χ3v) is 7.09. The molecule has 0 spiro atoms. The molecule has 0 bridgehead atoms. The molecule has 0 saturated carbocycles. The van der Waals surface area contributed by atoms with Gasteiger partial charge in [-0.15, -0.1) is 0 Å². The summed E-state index contributed by atoms with van der Waals surface area (Å²) in [5.74, 6) is 1.22. The number of nitrogens with zero attached hydrogens (tertiary/aromatic N) is 2. The number of imide groups is 1. The number of urea groups is 1. The van der Waals surface area contributed by atoms with Gasteiger partial charge < -0.3 is 15.5 Å². The molecular weight excluding hydrogens is 354 g/mol. The summed E-state index contributed by atoms with van der Waals surface area (Å²) in [6, 6.07) is -0.413. The van der Waals surface area contributed by atoms with E-state index >= 15 is 0 Å². The van der Waals surface area contributed by atoms with E-state index in [0.29, 0.717) is 12.3 Å². The van der Waals surface area contributed by atoms with Gasteiger partial charge in [-0.1, -0.05) is 0 Å². The fourth-order valence-electron chi connectivity index (χ4n) is 3.41. The Bertz CT molecular complexity index is 608. The highest BCUT2D eigenvalue weighted by atomic mass is 32.2. The lowest BCUT2D eigenvalue weighted by Gasteiger charge is -2.39. The molecule has 0 aromatic carbocycles. The normalized spacial score (nSPS) is 26.5. The van der Waals surface area contributed by atoms with Crippen LogP contribution in [-0.4, -0.2) is 69.7 Å². The molecule has 2 heterocycles. The summed E-state index contributed by atoms with van der Waals surface area (Å²) >= 11 is 0. The highest BCUT2D eigenvalue weighted by Crippen LogP contribution is 2.30. The molecule has 9 heteroatoms. The summed E-state index contributed by atoms with van der Waals surface area (Å²) in [6.45, 7) is 9.83. The molecule has 2 saturated heterocycles. The van der Waals surface area contributed by atoms with Gasteiger partial charge in [-0.3, -0.25) is 19.3 Å². The molecule has 0 aromatic rings. The molecular formula is C17H31N5O3S. The first-order valence-electron chi connectivity index (χ1n) is 9.05. The molecule has 2 aliphatic heterocycles. The smallest absolute Gasteiger partial charge is 0.322 e. The van der Waals surface area contributed by atoms with E-state index in [4.69, 9.17) is 0 Å². The lowest BCUT2D eigenvalue weighted by molar-refractivity contribution is -0.125. The van der Waals surface area contributed by atoms with Crippen LogP contribution >= 0.6 is 0 Å². The van der Waals surface area contributed by atoms with E-state index in [1.54, 1.807) is 14.0 Å². The van der Waals surface area contributed by atoms with E-state index in [1.807, 2.05) is 20.8 Å². The van der Waals surface area contributed by atoms with Gasteiger partial charge in [0.15, 0.2) is 5.96 Å². The first kappa shape index (κ1) is 20.7. The molecule has 0 aromatic heterocycles. The SMILES string of the molecule is CN=C(NCCS(=O)C(C)(C)C)N1CCC(C2(C)NC(=O)NC2=O)CC1. The van der Waals surface area contributed by atoms with Gasteiger partial charge in [0.25, 0.3) is 5.91 Å². The van der Waals surface area contributed by atoms with Gasteiger partial charge >= 0.3 is 6.03 Å². The molecule has 0 aliphatic carbocycles. The number of amides is 3. The van der Waals surface area contributed by atoms with E-state index in [1.165, 1.54) is 0 Å². The molecule has 2 rings (SSSR count). The summed E-state index contributed by atoms with van der Waals surface area (Å²) in [7, 11) is 0.835. The predicted octanol–water partition coefficient (Wildman–Crippen LogP) is 0.419. The fraction of sp³-hybridized carbons (Fsp3) is 0.824. The largest absolute Gasteiger partial charge is 0.355 e. The number of likely N-dealkylation sites (tertiary alicyclic amines) is 1. The maximum atomic E-state index is 12.1. The van der Waals surface area contributed by atoms with Gasteiger partial charge in [0.05, 0.1) is 0 Å². The number of hydrogen-bond acceptors (Lipinski definition) is 4. The lowest BCUT2D eigenvalue weighted by Crippen LogP contribution is -2.55. The molecule has 2 atom stereocenters. The maximum absolute atomic E-state index is 12.1. The summed E-state index contributed by atoms with van der Waals surface area (Å²) < 4.78 is 11.9. The zero-order chi connectivity index (χ0) is 19.5. The summed E-state index contributed by atoms with van der Waals surface area (Å²) in [5, 5.41) is 8.39. The molecule has 2 aliphatic rings. The summed E-state index contributed by atoms with van der Waals surface area (Å²) in [5.41, 5.74) is -0.830. The van der Waals surface area contributed by atoms with Crippen LogP contribution in [0, 0.1) is 5.92 Å². The Morgan fingerprint density at radius 2 is 1.96 bits per heavy atom. The number of carbonyl (C=O) groups excluding carboxylic acids is 2. The number of rotatable bonds is 4. The number of aliphatic imine (C=N–C) groups is 1. The average Bonchev–Trinajstić information content (AvgIpc) is 2.84. The predicted molar refractivity (Wildman–Crippen MR) is 104 cm³/mol. The highest BCUT2D eigenvalue weighted by molar-refractivity contribution is 7.86. The van der Waals surface area contributed by atoms with Crippen LogP contribution in [0.1, 0.15) is 40.5 Å². The van der Waals surface area contributed by atoms with Gasteiger partial charge in [-0.05, 0) is 46.5 Å². The van der Waals surface area contributed by atoms with E-state index in [-0.39, 0.29) is 16.6 Å². The third-order valence-electron chi connectivity index (χ3n) is 5.15. The number of piperidine rings is 1. The van der Waals surface area contributed by atoms with Crippen molar-refractivity contribution in [2.45, 2.75) is 50.8 Å². The van der Waals surface area contributed by atoms with Gasteiger partial charge in [-0.2, -0.15) is 0 Å². The van der Waals surface area contributed by atoms with Crippen LogP contribution in [0.5, 0.6) is 0 Å². The Kier molecular flexibility index (Phi) is 6.31. The minimum Gasteiger partial charge on any atom is -0.355 e. The second-order valence-electron chi connectivity index (χ2n) is 8.01.